The number of benzene rings is 1. The summed E-state index contributed by atoms with van der Waals surface area (Å²) in [5.74, 6) is 0.484. The van der Waals surface area contributed by atoms with Crippen LogP contribution in [0.4, 0.5) is 0 Å². The SMILES string of the molecule is CCNC(=O)C1CN(C(=O)Cc2c(Cl)cccc2OC)C1. The Morgan fingerprint density at radius 2 is 2.14 bits per heavy atom. The molecule has 0 aromatic heterocycles. The lowest BCUT2D eigenvalue weighted by Crippen LogP contribution is -2.56. The molecule has 1 aromatic rings. The van der Waals surface area contributed by atoms with Crippen molar-refractivity contribution in [3.05, 3.63) is 28.8 Å². The molecule has 21 heavy (non-hydrogen) atoms. The molecule has 1 heterocycles. The zero-order valence-corrected chi connectivity index (χ0v) is 12.9. The number of methoxy groups -OCH3 is 1. The van der Waals surface area contributed by atoms with Crippen LogP contribution in [0.2, 0.25) is 5.02 Å². The average molecular weight is 311 g/mol. The molecule has 1 aromatic carbocycles. The molecule has 1 aliphatic rings. The molecule has 0 spiro atoms. The molecular formula is C15H19ClN2O3. The minimum Gasteiger partial charge on any atom is -0.496 e. The van der Waals surface area contributed by atoms with E-state index in [1.165, 1.54) is 0 Å². The van der Waals surface area contributed by atoms with Gasteiger partial charge in [0.1, 0.15) is 5.75 Å². The van der Waals surface area contributed by atoms with Crippen LogP contribution in [0.15, 0.2) is 18.2 Å². The molecule has 1 N–H and O–H groups in total. The van der Waals surface area contributed by atoms with Crippen molar-refractivity contribution in [2.75, 3.05) is 26.7 Å². The van der Waals surface area contributed by atoms with Crippen LogP contribution in [0.3, 0.4) is 0 Å². The highest BCUT2D eigenvalue weighted by Gasteiger charge is 2.35. The predicted octanol–water partition coefficient (Wildman–Crippen LogP) is 1.49. The van der Waals surface area contributed by atoms with E-state index in [1.54, 1.807) is 30.2 Å². The standard InChI is InChI=1S/C15H19ClN2O3/c1-3-17-15(20)10-8-18(9-10)14(19)7-11-12(16)5-4-6-13(11)21-2/h4-6,10H,3,7-9H2,1-2H3,(H,17,20). The third kappa shape index (κ3) is 3.47. The molecule has 0 bridgehead atoms. The molecule has 1 fully saturated rings. The minimum absolute atomic E-state index is 0.0110. The maximum absolute atomic E-state index is 12.2. The Hall–Kier alpha value is -1.75. The summed E-state index contributed by atoms with van der Waals surface area (Å²) in [4.78, 5) is 25.5. The quantitative estimate of drug-likeness (QED) is 0.896. The van der Waals surface area contributed by atoms with E-state index in [-0.39, 0.29) is 24.2 Å². The predicted molar refractivity (Wildman–Crippen MR) is 80.5 cm³/mol. The molecule has 0 aliphatic carbocycles. The summed E-state index contributed by atoms with van der Waals surface area (Å²) in [6, 6.07) is 5.30. The molecule has 6 heteroatoms. The third-order valence-electron chi connectivity index (χ3n) is 3.58. The second-order valence-corrected chi connectivity index (χ2v) is 5.39. The first-order valence-electron chi connectivity index (χ1n) is 6.93. The van der Waals surface area contributed by atoms with Crippen LogP contribution < -0.4 is 10.1 Å². The van der Waals surface area contributed by atoms with Gasteiger partial charge in [-0.25, -0.2) is 0 Å². The van der Waals surface area contributed by atoms with Crippen LogP contribution in [-0.2, 0) is 16.0 Å². The molecule has 2 rings (SSSR count). The van der Waals surface area contributed by atoms with Gasteiger partial charge in [-0.1, -0.05) is 17.7 Å². The van der Waals surface area contributed by atoms with Crippen molar-refractivity contribution < 1.29 is 14.3 Å². The molecule has 1 saturated heterocycles. The monoisotopic (exact) mass is 310 g/mol. The van der Waals surface area contributed by atoms with Crippen LogP contribution in [0, 0.1) is 5.92 Å². The molecule has 0 unspecified atom stereocenters. The van der Waals surface area contributed by atoms with Crippen molar-refractivity contribution in [3.63, 3.8) is 0 Å². The zero-order chi connectivity index (χ0) is 15.4. The third-order valence-corrected chi connectivity index (χ3v) is 3.93. The fourth-order valence-corrected chi connectivity index (χ4v) is 2.56. The topological polar surface area (TPSA) is 58.6 Å². The number of carbonyl (C=O) groups is 2. The number of likely N-dealkylation sites (tertiary alicyclic amines) is 1. The van der Waals surface area contributed by atoms with E-state index in [4.69, 9.17) is 16.3 Å². The molecule has 1 aliphatic heterocycles. The highest BCUT2D eigenvalue weighted by molar-refractivity contribution is 6.31. The highest BCUT2D eigenvalue weighted by Crippen LogP contribution is 2.28. The summed E-state index contributed by atoms with van der Waals surface area (Å²) >= 11 is 6.12. The van der Waals surface area contributed by atoms with E-state index in [0.29, 0.717) is 36.0 Å². The van der Waals surface area contributed by atoms with Crippen molar-refractivity contribution in [3.8, 4) is 5.75 Å². The molecule has 0 saturated carbocycles. The van der Waals surface area contributed by atoms with Gasteiger partial charge in [0, 0.05) is 30.2 Å². The van der Waals surface area contributed by atoms with Crippen LogP contribution in [0.5, 0.6) is 5.75 Å². The Bertz CT molecular complexity index is 542. The van der Waals surface area contributed by atoms with Gasteiger partial charge in [-0.2, -0.15) is 0 Å². The van der Waals surface area contributed by atoms with E-state index < -0.39 is 0 Å². The lowest BCUT2D eigenvalue weighted by atomic mass is 9.97. The summed E-state index contributed by atoms with van der Waals surface area (Å²) in [6.45, 7) is 3.43. The number of halogens is 1. The van der Waals surface area contributed by atoms with Crippen LogP contribution >= 0.6 is 11.6 Å². The van der Waals surface area contributed by atoms with E-state index >= 15 is 0 Å². The van der Waals surface area contributed by atoms with E-state index in [1.807, 2.05) is 6.92 Å². The highest BCUT2D eigenvalue weighted by atomic mass is 35.5. The van der Waals surface area contributed by atoms with Gasteiger partial charge in [0.15, 0.2) is 0 Å². The lowest BCUT2D eigenvalue weighted by Gasteiger charge is -2.38. The number of nitrogens with one attached hydrogen (secondary N) is 1. The van der Waals surface area contributed by atoms with Gasteiger partial charge in [-0.3, -0.25) is 9.59 Å². The minimum atomic E-state index is -0.0953. The Kier molecular flexibility index (Phi) is 5.07. The van der Waals surface area contributed by atoms with Crippen LogP contribution in [-0.4, -0.2) is 43.5 Å². The van der Waals surface area contributed by atoms with Crippen LogP contribution in [0.25, 0.3) is 0 Å². The Labute approximate surface area is 129 Å². The molecule has 5 nitrogen and oxygen atoms in total. The smallest absolute Gasteiger partial charge is 0.227 e. The van der Waals surface area contributed by atoms with E-state index in [0.717, 1.165) is 0 Å². The molecule has 0 radical (unpaired) electrons. The molecule has 2 amide bonds. The first-order valence-corrected chi connectivity index (χ1v) is 7.31. The number of rotatable bonds is 5. The normalized spacial score (nSPS) is 14.5. The van der Waals surface area contributed by atoms with Crippen molar-refractivity contribution in [1.29, 1.82) is 0 Å². The molecule has 0 atom stereocenters. The van der Waals surface area contributed by atoms with Gasteiger partial charge in [-0.05, 0) is 19.1 Å². The van der Waals surface area contributed by atoms with Gasteiger partial charge in [-0.15, -0.1) is 0 Å². The second-order valence-electron chi connectivity index (χ2n) is 4.99. The van der Waals surface area contributed by atoms with Gasteiger partial charge >= 0.3 is 0 Å². The van der Waals surface area contributed by atoms with E-state index in [9.17, 15) is 9.59 Å². The summed E-state index contributed by atoms with van der Waals surface area (Å²) in [7, 11) is 1.55. The number of hydrogen-bond donors (Lipinski definition) is 1. The maximum atomic E-state index is 12.2. The largest absolute Gasteiger partial charge is 0.496 e. The number of amides is 2. The Morgan fingerprint density at radius 3 is 2.76 bits per heavy atom. The molecule has 114 valence electrons. The average Bonchev–Trinajstić information content (AvgIpc) is 2.39. The Morgan fingerprint density at radius 1 is 1.43 bits per heavy atom. The number of hydrogen-bond acceptors (Lipinski definition) is 3. The first-order chi connectivity index (χ1) is 10.1. The van der Waals surface area contributed by atoms with Gasteiger partial charge in [0.05, 0.1) is 19.4 Å². The van der Waals surface area contributed by atoms with Gasteiger partial charge in [0.2, 0.25) is 11.8 Å². The number of carbonyl (C=O) groups excluding carboxylic acids is 2. The molecular weight excluding hydrogens is 292 g/mol. The fraction of sp³-hybridized carbons (Fsp3) is 0.467. The van der Waals surface area contributed by atoms with Gasteiger partial charge < -0.3 is 15.0 Å². The first kappa shape index (κ1) is 15.6. The van der Waals surface area contributed by atoms with E-state index in [2.05, 4.69) is 5.32 Å². The van der Waals surface area contributed by atoms with Crippen molar-refractivity contribution in [2.45, 2.75) is 13.3 Å². The van der Waals surface area contributed by atoms with Crippen molar-refractivity contribution in [1.82, 2.24) is 10.2 Å². The van der Waals surface area contributed by atoms with Crippen LogP contribution in [0.1, 0.15) is 12.5 Å². The summed E-state index contributed by atoms with van der Waals surface area (Å²) in [5, 5.41) is 3.28. The fourth-order valence-electron chi connectivity index (χ4n) is 2.33. The number of ether oxygens (including phenoxy) is 1. The zero-order valence-electron chi connectivity index (χ0n) is 12.2. The maximum Gasteiger partial charge on any atom is 0.227 e. The van der Waals surface area contributed by atoms with Gasteiger partial charge in [0.25, 0.3) is 0 Å². The summed E-state index contributed by atoms with van der Waals surface area (Å²) in [5.41, 5.74) is 0.688. The van der Waals surface area contributed by atoms with Crippen molar-refractivity contribution >= 4 is 23.4 Å². The summed E-state index contributed by atoms with van der Waals surface area (Å²) in [6.07, 6.45) is 0.185. The number of nitrogens with zero attached hydrogens (tertiary/aromatic N) is 1. The summed E-state index contributed by atoms with van der Waals surface area (Å²) < 4.78 is 5.23. The lowest BCUT2D eigenvalue weighted by molar-refractivity contribution is -0.142. The second kappa shape index (κ2) is 6.80. The van der Waals surface area contributed by atoms with Crippen molar-refractivity contribution in [2.24, 2.45) is 5.92 Å². The Balaban J connectivity index is 1.94.